The lowest BCUT2D eigenvalue weighted by Gasteiger charge is -2.36. The fraction of sp³-hybridized carbons (Fsp3) is 0.458. The second kappa shape index (κ2) is 10.6. The van der Waals surface area contributed by atoms with Crippen molar-refractivity contribution >= 4 is 28.8 Å². The third kappa shape index (κ3) is 5.33. The van der Waals surface area contributed by atoms with E-state index in [9.17, 15) is 9.59 Å². The Balaban J connectivity index is 1.22. The average molecular weight is 466 g/mol. The van der Waals surface area contributed by atoms with Crippen LogP contribution < -0.4 is 10.6 Å². The van der Waals surface area contributed by atoms with Gasteiger partial charge in [-0.15, -0.1) is 0 Å². The van der Waals surface area contributed by atoms with Gasteiger partial charge in [0.2, 0.25) is 11.9 Å². The van der Waals surface area contributed by atoms with Crippen molar-refractivity contribution in [1.29, 1.82) is 0 Å². The molecule has 1 aliphatic rings. The third-order valence-electron chi connectivity index (χ3n) is 6.35. The summed E-state index contributed by atoms with van der Waals surface area (Å²) in [6.07, 6.45) is 8.30. The summed E-state index contributed by atoms with van der Waals surface area (Å²) in [6, 6.07) is 5.52. The van der Waals surface area contributed by atoms with Gasteiger partial charge in [0.25, 0.3) is 5.91 Å². The Morgan fingerprint density at radius 1 is 1.18 bits per heavy atom. The summed E-state index contributed by atoms with van der Waals surface area (Å²) in [5.41, 5.74) is 7.35. The number of anilines is 1. The maximum atomic E-state index is 12.6. The Morgan fingerprint density at radius 2 is 1.91 bits per heavy atom. The van der Waals surface area contributed by atoms with Crippen LogP contribution in [-0.2, 0) is 22.5 Å². The van der Waals surface area contributed by atoms with Crippen molar-refractivity contribution in [3.8, 4) is 0 Å². The van der Waals surface area contributed by atoms with Crippen LogP contribution in [0, 0.1) is 0 Å². The van der Waals surface area contributed by atoms with Crippen LogP contribution in [-0.4, -0.2) is 75.6 Å². The quantitative estimate of drug-likeness (QED) is 0.477. The fourth-order valence-corrected chi connectivity index (χ4v) is 4.15. The number of pyridine rings is 1. The van der Waals surface area contributed by atoms with E-state index in [1.54, 1.807) is 11.0 Å². The topological polar surface area (TPSA) is 119 Å². The summed E-state index contributed by atoms with van der Waals surface area (Å²) >= 11 is 0. The number of aromatic nitrogens is 4. The number of primary amides is 1. The lowest BCUT2D eigenvalue weighted by molar-refractivity contribution is -0.137. The first-order valence-corrected chi connectivity index (χ1v) is 11.6. The van der Waals surface area contributed by atoms with E-state index >= 15 is 0 Å². The molecule has 4 heterocycles. The van der Waals surface area contributed by atoms with Gasteiger partial charge < -0.3 is 24.8 Å². The van der Waals surface area contributed by atoms with Gasteiger partial charge in [0.05, 0.1) is 6.61 Å². The normalized spacial score (nSPS) is 14.5. The molecule has 0 bridgehead atoms. The van der Waals surface area contributed by atoms with Crippen LogP contribution in [0.4, 0.5) is 5.95 Å². The predicted octanol–water partition coefficient (Wildman–Crippen LogP) is 1.63. The number of nitrogens with zero attached hydrogens (tertiary/aromatic N) is 6. The molecule has 1 saturated heterocycles. The molecule has 0 aromatic carbocycles. The molecule has 10 nitrogen and oxygen atoms in total. The highest BCUT2D eigenvalue weighted by atomic mass is 16.5. The molecular formula is C24H31N7O3. The summed E-state index contributed by atoms with van der Waals surface area (Å²) in [5.74, 6) is 0.156. The van der Waals surface area contributed by atoms with Crippen LogP contribution in [0.5, 0.6) is 0 Å². The molecule has 0 saturated carbocycles. The van der Waals surface area contributed by atoms with Crippen molar-refractivity contribution < 1.29 is 14.3 Å². The van der Waals surface area contributed by atoms with Crippen LogP contribution in [0.2, 0.25) is 0 Å². The van der Waals surface area contributed by atoms with Crippen molar-refractivity contribution in [2.24, 2.45) is 5.73 Å². The largest absolute Gasteiger partial charge is 0.370 e. The zero-order valence-electron chi connectivity index (χ0n) is 19.7. The third-order valence-corrected chi connectivity index (χ3v) is 6.35. The van der Waals surface area contributed by atoms with Crippen LogP contribution in [0.25, 0.3) is 11.0 Å². The highest BCUT2D eigenvalue weighted by Gasteiger charge is 2.26. The molecule has 10 heteroatoms. The Hall–Kier alpha value is -3.53. The number of carbonyl (C=O) groups excluding carboxylic acids is 2. The minimum absolute atomic E-state index is 0.0253. The highest BCUT2D eigenvalue weighted by Crippen LogP contribution is 2.19. The first kappa shape index (κ1) is 23.6. The van der Waals surface area contributed by atoms with Crippen LogP contribution in [0.3, 0.4) is 0 Å². The summed E-state index contributed by atoms with van der Waals surface area (Å²) in [5, 5.41) is 0.916. The van der Waals surface area contributed by atoms with Crippen molar-refractivity contribution in [3.05, 3.63) is 48.0 Å². The number of fused-ring (bicyclic) bond motifs is 1. The second-order valence-electron chi connectivity index (χ2n) is 8.50. The van der Waals surface area contributed by atoms with Gasteiger partial charge in [-0.05, 0) is 43.0 Å². The first-order chi connectivity index (χ1) is 16.5. The molecule has 0 atom stereocenters. The molecule has 180 valence electrons. The molecule has 4 rings (SSSR count). The number of hydrogen-bond donors (Lipinski definition) is 1. The Kier molecular flexibility index (Phi) is 7.36. The van der Waals surface area contributed by atoms with E-state index in [2.05, 4.69) is 26.8 Å². The number of carbonyl (C=O) groups is 2. The summed E-state index contributed by atoms with van der Waals surface area (Å²) in [6.45, 7) is 4.62. The second-order valence-corrected chi connectivity index (χ2v) is 8.50. The first-order valence-electron chi connectivity index (χ1n) is 11.6. The molecule has 3 aromatic heterocycles. The zero-order chi connectivity index (χ0) is 24.1. The molecule has 0 spiro atoms. The molecule has 0 aliphatic carbocycles. The lowest BCUT2D eigenvalue weighted by Crippen LogP contribution is -2.47. The van der Waals surface area contributed by atoms with Gasteiger partial charge in [-0.25, -0.2) is 15.0 Å². The molecule has 2 amide bonds. The van der Waals surface area contributed by atoms with Crippen LogP contribution in [0.15, 0.2) is 36.8 Å². The molecule has 0 radical (unpaired) electrons. The number of piperidine rings is 1. The molecule has 34 heavy (non-hydrogen) atoms. The van der Waals surface area contributed by atoms with Crippen molar-refractivity contribution in [2.45, 2.75) is 38.8 Å². The average Bonchev–Trinajstić information content (AvgIpc) is 3.28. The Bertz CT molecular complexity index is 1140. The van der Waals surface area contributed by atoms with Gasteiger partial charge in [0, 0.05) is 56.7 Å². The minimum Gasteiger partial charge on any atom is -0.370 e. The lowest BCUT2D eigenvalue weighted by atomic mass is 10.0. The van der Waals surface area contributed by atoms with Gasteiger partial charge in [-0.1, -0.05) is 6.92 Å². The van der Waals surface area contributed by atoms with Crippen LogP contribution >= 0.6 is 0 Å². The molecule has 1 fully saturated rings. The SMILES string of the molecule is CCc1cnc(N2CCC(N(C)C(=O)COCCn3ccc4ccc(C(N)=O)nc43)CC2)nc1. The van der Waals surface area contributed by atoms with Gasteiger partial charge in [0.1, 0.15) is 17.9 Å². The summed E-state index contributed by atoms with van der Waals surface area (Å²) in [4.78, 5) is 41.3. The standard InChI is InChI=1S/C24H31N7O3/c1-3-17-14-26-24(27-15-17)31-10-7-19(8-11-31)29(2)21(32)16-34-13-12-30-9-6-18-4-5-20(22(25)33)28-23(18)30/h4-6,9,14-15,19H,3,7-8,10-13,16H2,1-2H3,(H2,25,33). The van der Waals surface area contributed by atoms with E-state index < -0.39 is 5.91 Å². The number of aryl methyl sites for hydroxylation is 1. The van der Waals surface area contributed by atoms with E-state index in [-0.39, 0.29) is 24.2 Å². The Morgan fingerprint density at radius 3 is 2.59 bits per heavy atom. The maximum absolute atomic E-state index is 12.6. The van der Waals surface area contributed by atoms with Gasteiger partial charge >= 0.3 is 0 Å². The van der Waals surface area contributed by atoms with Crippen LogP contribution in [0.1, 0.15) is 35.8 Å². The molecule has 2 N–H and O–H groups in total. The molecule has 3 aromatic rings. The van der Waals surface area contributed by atoms with Crippen molar-refractivity contribution in [3.63, 3.8) is 0 Å². The van der Waals surface area contributed by atoms with Gasteiger partial charge in [-0.2, -0.15) is 0 Å². The zero-order valence-corrected chi connectivity index (χ0v) is 19.7. The fourth-order valence-electron chi connectivity index (χ4n) is 4.15. The minimum atomic E-state index is -0.563. The van der Waals surface area contributed by atoms with E-state index in [1.165, 1.54) is 0 Å². The molecule has 1 aliphatic heterocycles. The van der Waals surface area contributed by atoms with E-state index in [1.807, 2.05) is 42.3 Å². The molecule has 0 unspecified atom stereocenters. The smallest absolute Gasteiger partial charge is 0.267 e. The number of amides is 2. The van der Waals surface area contributed by atoms with E-state index in [4.69, 9.17) is 10.5 Å². The number of nitrogens with two attached hydrogens (primary N) is 1. The maximum Gasteiger partial charge on any atom is 0.267 e. The number of ether oxygens (including phenoxy) is 1. The summed E-state index contributed by atoms with van der Waals surface area (Å²) < 4.78 is 7.55. The van der Waals surface area contributed by atoms with E-state index in [0.29, 0.717) is 18.8 Å². The Labute approximate surface area is 198 Å². The summed E-state index contributed by atoms with van der Waals surface area (Å²) in [7, 11) is 1.84. The highest BCUT2D eigenvalue weighted by molar-refractivity contribution is 5.93. The monoisotopic (exact) mass is 465 g/mol. The van der Waals surface area contributed by atoms with Crippen molar-refractivity contribution in [1.82, 2.24) is 24.4 Å². The van der Waals surface area contributed by atoms with Gasteiger partial charge in [-0.3, -0.25) is 9.59 Å². The van der Waals surface area contributed by atoms with Gasteiger partial charge in [0.15, 0.2) is 0 Å². The number of rotatable bonds is 9. The van der Waals surface area contributed by atoms with Crippen molar-refractivity contribution in [2.75, 3.05) is 38.3 Å². The predicted molar refractivity (Wildman–Crippen MR) is 128 cm³/mol. The van der Waals surface area contributed by atoms with E-state index in [0.717, 1.165) is 49.2 Å². The molecular weight excluding hydrogens is 434 g/mol. The number of hydrogen-bond acceptors (Lipinski definition) is 7. The number of likely N-dealkylation sites (N-methyl/N-ethyl adjacent to an activating group) is 1.